The van der Waals surface area contributed by atoms with Gasteiger partial charge >= 0.3 is 0 Å². The standard InChI is InChI=1S/C50H35N3O2/c1-54-37-20-25-47-43(30-37)40-22-17-32(27-49(40)52(47)35-13-7-4-8-14-35)33-18-23-41-44-31-38(55-2)21-26-48(44)53(50(41)28-33)36-19-24-46-42(29-36)39-15-9-10-16-45(39)51(46)34-11-5-3-6-12-34/h3-31H,1-2H3. The Balaban J connectivity index is 1.15. The van der Waals surface area contributed by atoms with Crippen LogP contribution in [0, 0.1) is 0 Å². The van der Waals surface area contributed by atoms with Crippen molar-refractivity contribution >= 4 is 65.4 Å². The van der Waals surface area contributed by atoms with Gasteiger partial charge in [-0.25, -0.2) is 0 Å². The summed E-state index contributed by atoms with van der Waals surface area (Å²) in [5, 5.41) is 7.13. The number of benzene rings is 8. The van der Waals surface area contributed by atoms with E-state index in [9.17, 15) is 0 Å². The molecule has 0 saturated heterocycles. The van der Waals surface area contributed by atoms with Gasteiger partial charge in [0.05, 0.1) is 47.3 Å². The van der Waals surface area contributed by atoms with E-state index in [2.05, 4.69) is 184 Å². The summed E-state index contributed by atoms with van der Waals surface area (Å²) in [6, 6.07) is 63.3. The largest absolute Gasteiger partial charge is 0.497 e. The van der Waals surface area contributed by atoms with Crippen LogP contribution in [-0.2, 0) is 0 Å². The third kappa shape index (κ3) is 4.73. The Labute approximate surface area is 317 Å². The summed E-state index contributed by atoms with van der Waals surface area (Å²) < 4.78 is 18.5. The Morgan fingerprint density at radius 1 is 0.291 bits per heavy atom. The van der Waals surface area contributed by atoms with Crippen LogP contribution in [0.3, 0.4) is 0 Å². The monoisotopic (exact) mass is 709 g/mol. The third-order valence-corrected chi connectivity index (χ3v) is 11.2. The van der Waals surface area contributed by atoms with Crippen LogP contribution in [0.25, 0.3) is 93.6 Å². The Kier molecular flexibility index (Phi) is 6.92. The predicted octanol–water partition coefficient (Wildman–Crippen LogP) is 12.7. The molecule has 8 aromatic carbocycles. The first kappa shape index (κ1) is 31.3. The van der Waals surface area contributed by atoms with E-state index in [1.165, 1.54) is 38.0 Å². The second kappa shape index (κ2) is 12.2. The van der Waals surface area contributed by atoms with E-state index in [1.807, 2.05) is 6.07 Å². The van der Waals surface area contributed by atoms with Crippen molar-refractivity contribution in [1.29, 1.82) is 0 Å². The number of nitrogens with zero attached hydrogens (tertiary/aromatic N) is 3. The van der Waals surface area contributed by atoms with Gasteiger partial charge in [0.25, 0.3) is 0 Å². The lowest BCUT2D eigenvalue weighted by atomic mass is 10.0. The fourth-order valence-corrected chi connectivity index (χ4v) is 8.70. The molecule has 3 aromatic heterocycles. The lowest BCUT2D eigenvalue weighted by Crippen LogP contribution is -1.96. The number of hydrogen-bond acceptors (Lipinski definition) is 2. The van der Waals surface area contributed by atoms with E-state index >= 15 is 0 Å². The summed E-state index contributed by atoms with van der Waals surface area (Å²) in [5.41, 5.74) is 12.6. The average molecular weight is 710 g/mol. The van der Waals surface area contributed by atoms with Crippen molar-refractivity contribution in [2.45, 2.75) is 0 Å². The minimum absolute atomic E-state index is 0.841. The van der Waals surface area contributed by atoms with Gasteiger partial charge < -0.3 is 23.2 Å². The fourth-order valence-electron chi connectivity index (χ4n) is 8.70. The molecular formula is C50H35N3O2. The molecule has 0 fully saturated rings. The maximum Gasteiger partial charge on any atom is 0.119 e. The van der Waals surface area contributed by atoms with Crippen molar-refractivity contribution in [3.05, 3.63) is 176 Å². The van der Waals surface area contributed by atoms with Gasteiger partial charge in [0, 0.05) is 49.4 Å². The van der Waals surface area contributed by atoms with E-state index in [0.29, 0.717) is 0 Å². The van der Waals surface area contributed by atoms with Crippen LogP contribution in [0.1, 0.15) is 0 Å². The minimum atomic E-state index is 0.841. The van der Waals surface area contributed by atoms with Crippen LogP contribution in [0.2, 0.25) is 0 Å². The molecule has 3 heterocycles. The van der Waals surface area contributed by atoms with Gasteiger partial charge in [0.2, 0.25) is 0 Å². The van der Waals surface area contributed by atoms with Crippen molar-refractivity contribution in [1.82, 2.24) is 13.7 Å². The zero-order valence-electron chi connectivity index (χ0n) is 30.4. The molecule has 0 aliphatic rings. The topological polar surface area (TPSA) is 33.2 Å². The van der Waals surface area contributed by atoms with Gasteiger partial charge in [-0.15, -0.1) is 0 Å². The maximum absolute atomic E-state index is 5.74. The molecule has 0 aliphatic carbocycles. The van der Waals surface area contributed by atoms with Crippen molar-refractivity contribution in [3.63, 3.8) is 0 Å². The van der Waals surface area contributed by atoms with Crippen LogP contribution in [0.4, 0.5) is 0 Å². The predicted molar refractivity (Wildman–Crippen MR) is 228 cm³/mol. The summed E-state index contributed by atoms with van der Waals surface area (Å²) in [6.07, 6.45) is 0. The number of methoxy groups -OCH3 is 2. The van der Waals surface area contributed by atoms with Crippen molar-refractivity contribution in [2.24, 2.45) is 0 Å². The van der Waals surface area contributed by atoms with Gasteiger partial charge in [-0.2, -0.15) is 0 Å². The number of aromatic nitrogens is 3. The van der Waals surface area contributed by atoms with E-state index < -0.39 is 0 Å². The van der Waals surface area contributed by atoms with E-state index in [0.717, 1.165) is 67.1 Å². The van der Waals surface area contributed by atoms with Gasteiger partial charge in [0.1, 0.15) is 11.5 Å². The number of para-hydroxylation sites is 3. The first-order chi connectivity index (χ1) is 27.2. The van der Waals surface area contributed by atoms with Gasteiger partial charge in [-0.3, -0.25) is 0 Å². The zero-order valence-corrected chi connectivity index (χ0v) is 30.4. The number of fused-ring (bicyclic) bond motifs is 9. The van der Waals surface area contributed by atoms with Crippen molar-refractivity contribution in [2.75, 3.05) is 14.2 Å². The number of rotatable bonds is 6. The second-order valence-electron chi connectivity index (χ2n) is 14.1. The Bertz CT molecular complexity index is 3280. The molecule has 262 valence electrons. The summed E-state index contributed by atoms with van der Waals surface area (Å²) in [5.74, 6) is 1.69. The lowest BCUT2D eigenvalue weighted by molar-refractivity contribution is 0.415. The Morgan fingerprint density at radius 2 is 0.709 bits per heavy atom. The molecule has 0 atom stereocenters. The van der Waals surface area contributed by atoms with Crippen molar-refractivity contribution < 1.29 is 9.47 Å². The fraction of sp³-hybridized carbons (Fsp3) is 0.0400. The molecule has 0 spiro atoms. The SMILES string of the molecule is COc1ccc2c(c1)c1ccc(-c3ccc4c5cc(OC)ccc5n(-c5ccc6c(c5)c5ccccc5n6-c5ccccc5)c4c3)cc1n2-c1ccccc1. The number of hydrogen-bond donors (Lipinski definition) is 0. The molecule has 0 amide bonds. The van der Waals surface area contributed by atoms with Crippen LogP contribution >= 0.6 is 0 Å². The van der Waals surface area contributed by atoms with Crippen LogP contribution in [0.5, 0.6) is 11.5 Å². The molecule has 0 radical (unpaired) electrons. The molecule has 0 N–H and O–H groups in total. The number of ether oxygens (including phenoxy) is 2. The second-order valence-corrected chi connectivity index (χ2v) is 14.1. The van der Waals surface area contributed by atoms with Gasteiger partial charge in [-0.1, -0.05) is 78.9 Å². The molecular weight excluding hydrogens is 675 g/mol. The van der Waals surface area contributed by atoms with Gasteiger partial charge in [-0.05, 0) is 108 Å². The molecule has 0 saturated carbocycles. The maximum atomic E-state index is 5.74. The lowest BCUT2D eigenvalue weighted by Gasteiger charge is -2.12. The highest BCUT2D eigenvalue weighted by Gasteiger charge is 2.19. The average Bonchev–Trinajstić information content (AvgIpc) is 3.88. The van der Waals surface area contributed by atoms with E-state index in [-0.39, 0.29) is 0 Å². The summed E-state index contributed by atoms with van der Waals surface area (Å²) in [6.45, 7) is 0. The summed E-state index contributed by atoms with van der Waals surface area (Å²) in [4.78, 5) is 0. The van der Waals surface area contributed by atoms with Gasteiger partial charge in [0.15, 0.2) is 0 Å². The summed E-state index contributed by atoms with van der Waals surface area (Å²) >= 11 is 0. The molecule has 0 unspecified atom stereocenters. The Hall–Kier alpha value is -7.24. The highest BCUT2D eigenvalue weighted by molar-refractivity contribution is 6.14. The quantitative estimate of drug-likeness (QED) is 0.172. The molecule has 5 nitrogen and oxygen atoms in total. The summed E-state index contributed by atoms with van der Waals surface area (Å²) in [7, 11) is 3.46. The molecule has 55 heavy (non-hydrogen) atoms. The van der Waals surface area contributed by atoms with Crippen LogP contribution in [-0.4, -0.2) is 27.9 Å². The zero-order chi connectivity index (χ0) is 36.6. The molecule has 5 heteroatoms. The highest BCUT2D eigenvalue weighted by Crippen LogP contribution is 2.41. The molecule has 11 rings (SSSR count). The molecule has 0 bridgehead atoms. The highest BCUT2D eigenvalue weighted by atomic mass is 16.5. The first-order valence-corrected chi connectivity index (χ1v) is 18.6. The first-order valence-electron chi connectivity index (χ1n) is 18.6. The van der Waals surface area contributed by atoms with Crippen LogP contribution < -0.4 is 9.47 Å². The third-order valence-electron chi connectivity index (χ3n) is 11.2. The minimum Gasteiger partial charge on any atom is -0.497 e. The van der Waals surface area contributed by atoms with Crippen LogP contribution in [0.15, 0.2) is 176 Å². The van der Waals surface area contributed by atoms with E-state index in [4.69, 9.17) is 9.47 Å². The smallest absolute Gasteiger partial charge is 0.119 e. The Morgan fingerprint density at radius 3 is 1.25 bits per heavy atom. The normalized spacial score (nSPS) is 11.8. The molecule has 11 aromatic rings. The van der Waals surface area contributed by atoms with Crippen molar-refractivity contribution in [3.8, 4) is 39.7 Å². The van der Waals surface area contributed by atoms with E-state index in [1.54, 1.807) is 14.2 Å². The molecule has 0 aliphatic heterocycles.